The zero-order valence-corrected chi connectivity index (χ0v) is 16.5. The standard InChI is InChI=1S/C20H35N5/c1-5-18-17(19(6-2)24(4)23-18)12-22-20(21-7-3)25-13-15-10-8-9-11-16(15)14-25/h15-16H,5-14H2,1-4H3,(H,21,22). The van der Waals surface area contributed by atoms with E-state index in [4.69, 9.17) is 10.1 Å². The first-order valence-electron chi connectivity index (χ1n) is 10.2. The Morgan fingerprint density at radius 3 is 2.36 bits per heavy atom. The fourth-order valence-corrected chi connectivity index (χ4v) is 4.73. The number of aryl methyl sites for hydroxylation is 2. The Bertz CT molecular complexity index is 589. The van der Waals surface area contributed by atoms with Gasteiger partial charge in [-0.2, -0.15) is 5.10 Å². The summed E-state index contributed by atoms with van der Waals surface area (Å²) in [6.45, 7) is 10.6. The van der Waals surface area contributed by atoms with Crippen LogP contribution in [-0.2, 0) is 26.4 Å². The first kappa shape index (κ1) is 18.3. The molecule has 2 fully saturated rings. The summed E-state index contributed by atoms with van der Waals surface area (Å²) in [6.07, 6.45) is 7.63. The zero-order valence-electron chi connectivity index (χ0n) is 16.5. The summed E-state index contributed by atoms with van der Waals surface area (Å²) in [7, 11) is 2.06. The highest BCUT2D eigenvalue weighted by molar-refractivity contribution is 5.80. The van der Waals surface area contributed by atoms with E-state index in [0.717, 1.165) is 43.7 Å². The molecular formula is C20H35N5. The number of aromatic nitrogens is 2. The van der Waals surface area contributed by atoms with Crippen LogP contribution in [0.25, 0.3) is 0 Å². The van der Waals surface area contributed by atoms with E-state index in [0.29, 0.717) is 0 Å². The molecule has 2 heterocycles. The van der Waals surface area contributed by atoms with E-state index in [1.807, 2.05) is 4.68 Å². The van der Waals surface area contributed by atoms with Crippen LogP contribution in [-0.4, -0.2) is 40.3 Å². The minimum Gasteiger partial charge on any atom is -0.357 e. The summed E-state index contributed by atoms with van der Waals surface area (Å²) in [4.78, 5) is 7.54. The molecule has 2 unspecified atom stereocenters. The molecule has 0 aromatic carbocycles. The van der Waals surface area contributed by atoms with Crippen LogP contribution in [0.2, 0.25) is 0 Å². The van der Waals surface area contributed by atoms with Crippen LogP contribution in [0, 0.1) is 11.8 Å². The molecule has 2 atom stereocenters. The highest BCUT2D eigenvalue weighted by Crippen LogP contribution is 2.36. The third-order valence-electron chi connectivity index (χ3n) is 6.03. The van der Waals surface area contributed by atoms with Gasteiger partial charge in [-0.05, 0) is 44.4 Å². The molecule has 5 heteroatoms. The van der Waals surface area contributed by atoms with Gasteiger partial charge in [-0.3, -0.25) is 4.68 Å². The van der Waals surface area contributed by atoms with Crippen LogP contribution in [0.15, 0.2) is 4.99 Å². The van der Waals surface area contributed by atoms with Gasteiger partial charge in [0, 0.05) is 37.9 Å². The number of fused-ring (bicyclic) bond motifs is 1. The average molecular weight is 346 g/mol. The van der Waals surface area contributed by atoms with Gasteiger partial charge in [-0.15, -0.1) is 0 Å². The number of hydrogen-bond acceptors (Lipinski definition) is 2. The van der Waals surface area contributed by atoms with E-state index in [-0.39, 0.29) is 0 Å². The first-order chi connectivity index (χ1) is 12.2. The van der Waals surface area contributed by atoms with E-state index >= 15 is 0 Å². The number of rotatable bonds is 5. The second-order valence-corrected chi connectivity index (χ2v) is 7.58. The SMILES string of the molecule is CCNC(=NCc1c(CC)nn(C)c1CC)N1CC2CCCCC2C1. The van der Waals surface area contributed by atoms with Gasteiger partial charge in [-0.1, -0.05) is 26.7 Å². The van der Waals surface area contributed by atoms with Crippen molar-refractivity contribution in [3.05, 3.63) is 17.0 Å². The first-order valence-corrected chi connectivity index (χ1v) is 10.2. The summed E-state index contributed by atoms with van der Waals surface area (Å²) in [6, 6.07) is 0. The molecule has 1 aliphatic carbocycles. The van der Waals surface area contributed by atoms with E-state index in [1.54, 1.807) is 0 Å². The molecule has 1 saturated carbocycles. The molecule has 5 nitrogen and oxygen atoms in total. The van der Waals surface area contributed by atoms with Crippen LogP contribution in [0.1, 0.15) is 63.4 Å². The van der Waals surface area contributed by atoms with Crippen LogP contribution < -0.4 is 5.32 Å². The largest absolute Gasteiger partial charge is 0.357 e. The van der Waals surface area contributed by atoms with Crippen molar-refractivity contribution < 1.29 is 0 Å². The number of aliphatic imine (C=N–C) groups is 1. The number of likely N-dealkylation sites (tertiary alicyclic amines) is 1. The lowest BCUT2D eigenvalue weighted by atomic mass is 9.82. The molecule has 0 radical (unpaired) electrons. The van der Waals surface area contributed by atoms with Gasteiger partial charge in [0.1, 0.15) is 0 Å². The second-order valence-electron chi connectivity index (χ2n) is 7.58. The van der Waals surface area contributed by atoms with Gasteiger partial charge in [0.2, 0.25) is 0 Å². The van der Waals surface area contributed by atoms with Gasteiger partial charge in [-0.25, -0.2) is 4.99 Å². The Balaban J connectivity index is 1.77. The maximum atomic E-state index is 5.03. The van der Waals surface area contributed by atoms with Crippen LogP contribution in [0.3, 0.4) is 0 Å². The number of nitrogens with zero attached hydrogens (tertiary/aromatic N) is 4. The summed E-state index contributed by atoms with van der Waals surface area (Å²) in [5.41, 5.74) is 3.86. The Morgan fingerprint density at radius 1 is 1.12 bits per heavy atom. The van der Waals surface area contributed by atoms with Gasteiger partial charge in [0.05, 0.1) is 12.2 Å². The Morgan fingerprint density at radius 2 is 1.80 bits per heavy atom. The number of nitrogens with one attached hydrogen (secondary N) is 1. The maximum absolute atomic E-state index is 5.03. The van der Waals surface area contributed by atoms with E-state index < -0.39 is 0 Å². The minimum absolute atomic E-state index is 0.744. The second kappa shape index (κ2) is 8.24. The molecule has 3 rings (SSSR count). The van der Waals surface area contributed by atoms with Crippen molar-refractivity contribution in [3.8, 4) is 0 Å². The third kappa shape index (κ3) is 3.85. The molecule has 25 heavy (non-hydrogen) atoms. The number of hydrogen-bond donors (Lipinski definition) is 1. The minimum atomic E-state index is 0.744. The van der Waals surface area contributed by atoms with Crippen molar-refractivity contribution in [1.29, 1.82) is 0 Å². The molecule has 1 saturated heterocycles. The molecule has 0 spiro atoms. The summed E-state index contributed by atoms with van der Waals surface area (Å²) in [5.74, 6) is 2.87. The van der Waals surface area contributed by atoms with Crippen LogP contribution >= 0.6 is 0 Å². The smallest absolute Gasteiger partial charge is 0.194 e. The highest BCUT2D eigenvalue weighted by Gasteiger charge is 2.35. The van der Waals surface area contributed by atoms with Crippen molar-refractivity contribution in [2.75, 3.05) is 19.6 Å². The van der Waals surface area contributed by atoms with Crippen LogP contribution in [0.4, 0.5) is 0 Å². The molecule has 1 N–H and O–H groups in total. The van der Waals surface area contributed by atoms with E-state index in [2.05, 4.69) is 38.0 Å². The van der Waals surface area contributed by atoms with Gasteiger partial charge in [0.25, 0.3) is 0 Å². The average Bonchev–Trinajstić information content (AvgIpc) is 3.18. The third-order valence-corrected chi connectivity index (χ3v) is 6.03. The van der Waals surface area contributed by atoms with Gasteiger partial charge >= 0.3 is 0 Å². The lowest BCUT2D eigenvalue weighted by molar-refractivity contribution is 0.299. The fraction of sp³-hybridized carbons (Fsp3) is 0.800. The molecule has 2 aliphatic rings. The zero-order chi connectivity index (χ0) is 17.8. The fourth-order valence-electron chi connectivity index (χ4n) is 4.73. The predicted octanol–water partition coefficient (Wildman–Crippen LogP) is 3.13. The normalized spacial score (nSPS) is 23.8. The molecule has 0 bridgehead atoms. The summed E-state index contributed by atoms with van der Waals surface area (Å²) in [5, 5.41) is 8.23. The molecular weight excluding hydrogens is 310 g/mol. The van der Waals surface area contributed by atoms with Crippen molar-refractivity contribution in [2.45, 2.75) is 65.8 Å². The predicted molar refractivity (Wildman–Crippen MR) is 104 cm³/mol. The van der Waals surface area contributed by atoms with Gasteiger partial charge < -0.3 is 10.2 Å². The van der Waals surface area contributed by atoms with Crippen molar-refractivity contribution in [3.63, 3.8) is 0 Å². The quantitative estimate of drug-likeness (QED) is 0.659. The van der Waals surface area contributed by atoms with E-state index in [9.17, 15) is 0 Å². The highest BCUT2D eigenvalue weighted by atomic mass is 15.3. The monoisotopic (exact) mass is 345 g/mol. The lowest BCUT2D eigenvalue weighted by Crippen LogP contribution is -2.40. The van der Waals surface area contributed by atoms with Crippen molar-refractivity contribution in [2.24, 2.45) is 23.9 Å². The van der Waals surface area contributed by atoms with Crippen molar-refractivity contribution >= 4 is 5.96 Å². The number of guanidine groups is 1. The molecule has 1 aromatic heterocycles. The summed E-state index contributed by atoms with van der Waals surface area (Å²) < 4.78 is 2.04. The van der Waals surface area contributed by atoms with E-state index in [1.165, 1.54) is 55.7 Å². The Kier molecular flexibility index (Phi) is 6.02. The van der Waals surface area contributed by atoms with Crippen LogP contribution in [0.5, 0.6) is 0 Å². The summed E-state index contributed by atoms with van der Waals surface area (Å²) >= 11 is 0. The Labute approximate surface area is 152 Å². The van der Waals surface area contributed by atoms with Crippen molar-refractivity contribution in [1.82, 2.24) is 20.0 Å². The molecule has 0 amide bonds. The maximum Gasteiger partial charge on any atom is 0.194 e. The Hall–Kier alpha value is -1.52. The topological polar surface area (TPSA) is 45.5 Å². The lowest BCUT2D eigenvalue weighted by Gasteiger charge is -2.22. The molecule has 1 aliphatic heterocycles. The molecule has 140 valence electrons. The molecule has 1 aromatic rings. The van der Waals surface area contributed by atoms with Gasteiger partial charge in [0.15, 0.2) is 5.96 Å².